The predicted molar refractivity (Wildman–Crippen MR) is 45.6 cm³/mol. The highest BCUT2D eigenvalue weighted by Gasteiger charge is 2.02. The van der Waals surface area contributed by atoms with E-state index in [0.717, 1.165) is 5.56 Å². The van der Waals surface area contributed by atoms with Gasteiger partial charge in [0.1, 0.15) is 5.75 Å². The molecule has 0 fully saturated rings. The molecule has 0 saturated heterocycles. The molecule has 2 heteroatoms. The van der Waals surface area contributed by atoms with Crippen molar-refractivity contribution in [2.45, 2.75) is 12.8 Å². The molecule has 0 aromatic heterocycles. The maximum atomic E-state index is 9.12. The number of hydrogen-bond acceptors (Lipinski definition) is 2. The number of aromatic hydroxyl groups is 1. The molecular formula is C9H13NO. The molecule has 0 radical (unpaired) electrons. The van der Waals surface area contributed by atoms with Gasteiger partial charge in [-0.3, -0.25) is 0 Å². The Morgan fingerprint density at radius 3 is 2.82 bits per heavy atom. The number of hydrogen-bond donors (Lipinski definition) is 2. The van der Waals surface area contributed by atoms with E-state index in [1.54, 1.807) is 12.1 Å². The third-order valence-electron chi connectivity index (χ3n) is 1.79. The van der Waals surface area contributed by atoms with Gasteiger partial charge in [0.2, 0.25) is 0 Å². The Morgan fingerprint density at radius 1 is 1.55 bits per heavy atom. The first kappa shape index (κ1) is 8.08. The van der Waals surface area contributed by atoms with Crippen LogP contribution in [0.1, 0.15) is 18.4 Å². The number of phenolic OH excluding ortho intramolecular Hbond substituents is 1. The molecular weight excluding hydrogens is 138 g/mol. The van der Waals surface area contributed by atoms with Crippen molar-refractivity contribution in [1.82, 2.24) is 0 Å². The van der Waals surface area contributed by atoms with Gasteiger partial charge in [0, 0.05) is 0 Å². The van der Waals surface area contributed by atoms with Gasteiger partial charge in [-0.15, -0.1) is 0 Å². The van der Waals surface area contributed by atoms with Crippen LogP contribution in [-0.2, 0) is 0 Å². The Hall–Kier alpha value is -1.02. The SMILES string of the molecule is C[C@H](CN)c1cccc(O)c1. The molecule has 0 aliphatic carbocycles. The summed E-state index contributed by atoms with van der Waals surface area (Å²) in [5.41, 5.74) is 6.56. The van der Waals surface area contributed by atoms with Crippen molar-refractivity contribution in [3.63, 3.8) is 0 Å². The molecule has 0 spiro atoms. The molecule has 2 nitrogen and oxygen atoms in total. The third kappa shape index (κ3) is 1.95. The summed E-state index contributed by atoms with van der Waals surface area (Å²) < 4.78 is 0. The number of phenols is 1. The predicted octanol–water partition coefficient (Wildman–Crippen LogP) is 1.45. The largest absolute Gasteiger partial charge is 0.508 e. The van der Waals surface area contributed by atoms with E-state index in [0.29, 0.717) is 18.2 Å². The average molecular weight is 151 g/mol. The highest BCUT2D eigenvalue weighted by Crippen LogP contribution is 2.18. The van der Waals surface area contributed by atoms with Crippen LogP contribution in [0, 0.1) is 0 Å². The molecule has 0 amide bonds. The van der Waals surface area contributed by atoms with E-state index in [1.807, 2.05) is 19.1 Å². The van der Waals surface area contributed by atoms with Crippen molar-refractivity contribution in [1.29, 1.82) is 0 Å². The lowest BCUT2D eigenvalue weighted by Crippen LogP contribution is -2.08. The minimum Gasteiger partial charge on any atom is -0.508 e. The van der Waals surface area contributed by atoms with Gasteiger partial charge in [-0.05, 0) is 30.2 Å². The second-order valence-electron chi connectivity index (χ2n) is 2.73. The summed E-state index contributed by atoms with van der Waals surface area (Å²) in [6.07, 6.45) is 0. The molecule has 0 heterocycles. The van der Waals surface area contributed by atoms with E-state index < -0.39 is 0 Å². The summed E-state index contributed by atoms with van der Waals surface area (Å²) in [7, 11) is 0. The minimum atomic E-state index is 0.308. The van der Waals surface area contributed by atoms with Crippen LogP contribution in [0.3, 0.4) is 0 Å². The zero-order valence-electron chi connectivity index (χ0n) is 6.62. The maximum Gasteiger partial charge on any atom is 0.115 e. The van der Waals surface area contributed by atoms with E-state index in [-0.39, 0.29) is 0 Å². The lowest BCUT2D eigenvalue weighted by molar-refractivity contribution is 0.474. The highest BCUT2D eigenvalue weighted by molar-refractivity contribution is 5.29. The van der Waals surface area contributed by atoms with E-state index in [9.17, 15) is 0 Å². The fourth-order valence-corrected chi connectivity index (χ4v) is 0.967. The number of benzene rings is 1. The first-order valence-corrected chi connectivity index (χ1v) is 3.73. The molecule has 11 heavy (non-hydrogen) atoms. The van der Waals surface area contributed by atoms with E-state index in [4.69, 9.17) is 10.8 Å². The normalized spacial score (nSPS) is 12.9. The standard InChI is InChI=1S/C9H13NO/c1-7(6-10)8-3-2-4-9(11)5-8/h2-5,7,11H,6,10H2,1H3/t7-/m1/s1. The van der Waals surface area contributed by atoms with Gasteiger partial charge in [-0.1, -0.05) is 19.1 Å². The summed E-state index contributed by atoms with van der Waals surface area (Å²) in [6, 6.07) is 7.21. The van der Waals surface area contributed by atoms with Crippen molar-refractivity contribution in [3.8, 4) is 5.75 Å². The molecule has 1 rings (SSSR count). The first-order valence-electron chi connectivity index (χ1n) is 3.73. The molecule has 0 unspecified atom stereocenters. The summed E-state index contributed by atoms with van der Waals surface area (Å²) >= 11 is 0. The van der Waals surface area contributed by atoms with Gasteiger partial charge in [-0.25, -0.2) is 0 Å². The first-order chi connectivity index (χ1) is 5.24. The Morgan fingerprint density at radius 2 is 2.27 bits per heavy atom. The van der Waals surface area contributed by atoms with Crippen LogP contribution >= 0.6 is 0 Å². The van der Waals surface area contributed by atoms with Crippen LogP contribution in [0.25, 0.3) is 0 Å². The summed E-state index contributed by atoms with van der Waals surface area (Å²) in [5.74, 6) is 0.630. The number of nitrogens with two attached hydrogens (primary N) is 1. The van der Waals surface area contributed by atoms with Gasteiger partial charge in [-0.2, -0.15) is 0 Å². The average Bonchev–Trinajstić information content (AvgIpc) is 2.03. The molecule has 0 saturated carbocycles. The van der Waals surface area contributed by atoms with E-state index in [2.05, 4.69) is 0 Å². The van der Waals surface area contributed by atoms with Crippen molar-refractivity contribution >= 4 is 0 Å². The van der Waals surface area contributed by atoms with Gasteiger partial charge in [0.15, 0.2) is 0 Å². The van der Waals surface area contributed by atoms with Crippen molar-refractivity contribution in [3.05, 3.63) is 29.8 Å². The lowest BCUT2D eigenvalue weighted by atomic mass is 10.0. The fraction of sp³-hybridized carbons (Fsp3) is 0.333. The van der Waals surface area contributed by atoms with Gasteiger partial charge in [0.05, 0.1) is 0 Å². The van der Waals surface area contributed by atoms with Crippen LogP contribution in [0.4, 0.5) is 0 Å². The second-order valence-corrected chi connectivity index (χ2v) is 2.73. The Labute approximate surface area is 66.7 Å². The Bertz CT molecular complexity index is 235. The van der Waals surface area contributed by atoms with Crippen molar-refractivity contribution in [2.75, 3.05) is 6.54 Å². The van der Waals surface area contributed by atoms with Crippen LogP contribution < -0.4 is 5.73 Å². The summed E-state index contributed by atoms with van der Waals surface area (Å²) in [6.45, 7) is 2.65. The highest BCUT2D eigenvalue weighted by atomic mass is 16.3. The fourth-order valence-electron chi connectivity index (χ4n) is 0.967. The number of rotatable bonds is 2. The van der Waals surface area contributed by atoms with E-state index in [1.165, 1.54) is 0 Å². The molecule has 3 N–H and O–H groups in total. The Balaban J connectivity index is 2.86. The summed E-state index contributed by atoms with van der Waals surface area (Å²) in [4.78, 5) is 0. The monoisotopic (exact) mass is 151 g/mol. The van der Waals surface area contributed by atoms with Crippen LogP contribution in [-0.4, -0.2) is 11.7 Å². The van der Waals surface area contributed by atoms with Gasteiger partial charge >= 0.3 is 0 Å². The molecule has 60 valence electrons. The zero-order chi connectivity index (χ0) is 8.27. The lowest BCUT2D eigenvalue weighted by Gasteiger charge is -2.07. The third-order valence-corrected chi connectivity index (χ3v) is 1.79. The van der Waals surface area contributed by atoms with E-state index >= 15 is 0 Å². The van der Waals surface area contributed by atoms with Crippen molar-refractivity contribution in [2.24, 2.45) is 5.73 Å². The van der Waals surface area contributed by atoms with Gasteiger partial charge < -0.3 is 10.8 Å². The molecule has 0 aliphatic heterocycles. The zero-order valence-corrected chi connectivity index (χ0v) is 6.62. The minimum absolute atomic E-state index is 0.308. The molecule has 0 aliphatic rings. The second kappa shape index (κ2) is 3.39. The topological polar surface area (TPSA) is 46.2 Å². The maximum absolute atomic E-state index is 9.12. The van der Waals surface area contributed by atoms with Crippen LogP contribution in [0.2, 0.25) is 0 Å². The molecule has 0 bridgehead atoms. The van der Waals surface area contributed by atoms with Gasteiger partial charge in [0.25, 0.3) is 0 Å². The molecule has 1 aromatic rings. The van der Waals surface area contributed by atoms with Crippen LogP contribution in [0.5, 0.6) is 5.75 Å². The van der Waals surface area contributed by atoms with Crippen LogP contribution in [0.15, 0.2) is 24.3 Å². The quantitative estimate of drug-likeness (QED) is 0.672. The van der Waals surface area contributed by atoms with Crippen molar-refractivity contribution < 1.29 is 5.11 Å². The molecule has 1 aromatic carbocycles. The smallest absolute Gasteiger partial charge is 0.115 e. The summed E-state index contributed by atoms with van der Waals surface area (Å²) in [5, 5.41) is 9.12. The molecule has 1 atom stereocenters. The Kier molecular flexibility index (Phi) is 2.49.